The van der Waals surface area contributed by atoms with Gasteiger partial charge in [-0.05, 0) is 12.1 Å². The summed E-state index contributed by atoms with van der Waals surface area (Å²) < 4.78 is 1.93. The van der Waals surface area contributed by atoms with Crippen LogP contribution in [0.15, 0.2) is 42.7 Å². The second kappa shape index (κ2) is 2.48. The molecule has 0 saturated carbocycles. The Labute approximate surface area is 80.2 Å². The van der Waals surface area contributed by atoms with E-state index >= 15 is 0 Å². The average Bonchev–Trinajstić information content (AvgIpc) is 2.56. The van der Waals surface area contributed by atoms with Crippen molar-refractivity contribution in [1.82, 2.24) is 9.38 Å². The molecule has 0 aliphatic rings. The van der Waals surface area contributed by atoms with Crippen LogP contribution in [0.25, 0.3) is 16.4 Å². The third-order valence-electron chi connectivity index (χ3n) is 2.35. The summed E-state index contributed by atoms with van der Waals surface area (Å²) in [6.07, 6.45) is 3.28. The Balaban J connectivity index is 2.58. The fourth-order valence-corrected chi connectivity index (χ4v) is 1.72. The van der Waals surface area contributed by atoms with Gasteiger partial charge in [0.2, 0.25) is 5.88 Å². The quantitative estimate of drug-likeness (QED) is 0.581. The van der Waals surface area contributed by atoms with Crippen molar-refractivity contribution >= 4 is 16.4 Å². The lowest BCUT2D eigenvalue weighted by Gasteiger charge is -1.96. The molecule has 3 rings (SSSR count). The number of hydrogen-bond acceptors (Lipinski definition) is 2. The molecule has 0 aliphatic heterocycles. The Kier molecular flexibility index (Phi) is 1.31. The van der Waals surface area contributed by atoms with Gasteiger partial charge < -0.3 is 9.51 Å². The Bertz CT molecular complexity index is 613. The maximum Gasteiger partial charge on any atom is 0.228 e. The Hall–Kier alpha value is -2.03. The van der Waals surface area contributed by atoms with E-state index < -0.39 is 0 Å². The van der Waals surface area contributed by atoms with E-state index in [2.05, 4.69) is 4.98 Å². The molecule has 0 atom stereocenters. The van der Waals surface area contributed by atoms with Gasteiger partial charge in [-0.1, -0.05) is 18.2 Å². The monoisotopic (exact) mass is 184 g/mol. The highest BCUT2D eigenvalue weighted by atomic mass is 16.3. The predicted molar refractivity (Wildman–Crippen MR) is 54.4 cm³/mol. The first-order valence-electron chi connectivity index (χ1n) is 4.39. The van der Waals surface area contributed by atoms with Gasteiger partial charge in [0.1, 0.15) is 0 Å². The highest BCUT2D eigenvalue weighted by Crippen LogP contribution is 2.20. The van der Waals surface area contributed by atoms with Gasteiger partial charge in [-0.25, -0.2) is 4.98 Å². The minimum Gasteiger partial charge on any atom is -0.492 e. The van der Waals surface area contributed by atoms with Crippen molar-refractivity contribution < 1.29 is 5.11 Å². The Morgan fingerprint density at radius 2 is 2.07 bits per heavy atom. The molecule has 0 fully saturated rings. The summed E-state index contributed by atoms with van der Waals surface area (Å²) in [7, 11) is 0. The summed E-state index contributed by atoms with van der Waals surface area (Å²) in [5, 5.41) is 10.4. The molecule has 0 spiro atoms. The van der Waals surface area contributed by atoms with Crippen LogP contribution in [0.1, 0.15) is 0 Å². The first kappa shape index (κ1) is 7.38. The standard InChI is InChI=1S/C11H8N2O/c14-11-7-13-9(6-12-11)5-8-3-1-2-4-10(8)13/h1-7,14H. The molecule has 2 aromatic heterocycles. The molecule has 0 amide bonds. The third kappa shape index (κ3) is 0.893. The van der Waals surface area contributed by atoms with Crippen molar-refractivity contribution in [2.24, 2.45) is 0 Å². The first-order chi connectivity index (χ1) is 6.84. The van der Waals surface area contributed by atoms with E-state index in [0.29, 0.717) is 0 Å². The van der Waals surface area contributed by atoms with Gasteiger partial charge in [-0.15, -0.1) is 0 Å². The zero-order valence-electron chi connectivity index (χ0n) is 7.38. The molecule has 3 heteroatoms. The van der Waals surface area contributed by atoms with Crippen molar-refractivity contribution in [3.63, 3.8) is 0 Å². The van der Waals surface area contributed by atoms with Crippen LogP contribution in [0.2, 0.25) is 0 Å². The van der Waals surface area contributed by atoms with Crippen LogP contribution in [0.4, 0.5) is 0 Å². The zero-order valence-corrected chi connectivity index (χ0v) is 7.38. The summed E-state index contributed by atoms with van der Waals surface area (Å²) >= 11 is 0. The van der Waals surface area contributed by atoms with Gasteiger partial charge >= 0.3 is 0 Å². The zero-order chi connectivity index (χ0) is 9.54. The number of fused-ring (bicyclic) bond motifs is 3. The van der Waals surface area contributed by atoms with Crippen molar-refractivity contribution in [1.29, 1.82) is 0 Å². The van der Waals surface area contributed by atoms with Crippen LogP contribution in [0, 0.1) is 0 Å². The Morgan fingerprint density at radius 3 is 3.00 bits per heavy atom. The van der Waals surface area contributed by atoms with Crippen LogP contribution < -0.4 is 0 Å². The van der Waals surface area contributed by atoms with Gasteiger partial charge in [0.25, 0.3) is 0 Å². The lowest BCUT2D eigenvalue weighted by molar-refractivity contribution is 0.450. The maximum absolute atomic E-state index is 9.28. The number of nitrogens with zero attached hydrogens (tertiary/aromatic N) is 2. The van der Waals surface area contributed by atoms with E-state index in [0.717, 1.165) is 16.4 Å². The van der Waals surface area contributed by atoms with Gasteiger partial charge in [-0.3, -0.25) is 0 Å². The molecule has 14 heavy (non-hydrogen) atoms. The largest absolute Gasteiger partial charge is 0.492 e. The highest BCUT2D eigenvalue weighted by molar-refractivity contribution is 5.86. The van der Waals surface area contributed by atoms with Gasteiger partial charge in [0.05, 0.1) is 23.4 Å². The lowest BCUT2D eigenvalue weighted by atomic mass is 10.2. The maximum atomic E-state index is 9.28. The molecule has 0 aliphatic carbocycles. The minimum atomic E-state index is 0.0406. The van der Waals surface area contributed by atoms with E-state index in [1.54, 1.807) is 12.4 Å². The van der Waals surface area contributed by atoms with E-state index in [1.165, 1.54) is 0 Å². The number of aromatic hydroxyl groups is 1. The molecule has 3 nitrogen and oxygen atoms in total. The van der Waals surface area contributed by atoms with E-state index in [-0.39, 0.29) is 5.88 Å². The number of aromatic nitrogens is 2. The van der Waals surface area contributed by atoms with E-state index in [1.807, 2.05) is 34.7 Å². The molecule has 68 valence electrons. The predicted octanol–water partition coefficient (Wildman–Crippen LogP) is 2.19. The highest BCUT2D eigenvalue weighted by Gasteiger charge is 2.01. The Morgan fingerprint density at radius 1 is 1.21 bits per heavy atom. The molecule has 0 unspecified atom stereocenters. The average molecular weight is 184 g/mol. The second-order valence-electron chi connectivity index (χ2n) is 3.24. The van der Waals surface area contributed by atoms with Crippen LogP contribution in [0.3, 0.4) is 0 Å². The lowest BCUT2D eigenvalue weighted by Crippen LogP contribution is -1.84. The summed E-state index contributed by atoms with van der Waals surface area (Å²) in [5.41, 5.74) is 2.07. The normalized spacial score (nSPS) is 11.1. The second-order valence-corrected chi connectivity index (χ2v) is 3.24. The molecule has 0 radical (unpaired) electrons. The van der Waals surface area contributed by atoms with Crippen molar-refractivity contribution in [3.8, 4) is 5.88 Å². The third-order valence-corrected chi connectivity index (χ3v) is 2.35. The molecular formula is C11H8N2O. The first-order valence-corrected chi connectivity index (χ1v) is 4.39. The number of hydrogen-bond donors (Lipinski definition) is 1. The van der Waals surface area contributed by atoms with Crippen molar-refractivity contribution in [2.45, 2.75) is 0 Å². The molecule has 3 aromatic rings. The van der Waals surface area contributed by atoms with E-state index in [4.69, 9.17) is 0 Å². The number of rotatable bonds is 0. The van der Waals surface area contributed by atoms with Crippen molar-refractivity contribution in [3.05, 3.63) is 42.7 Å². The van der Waals surface area contributed by atoms with E-state index in [9.17, 15) is 5.11 Å². The molecular weight excluding hydrogens is 176 g/mol. The molecule has 1 N–H and O–H groups in total. The van der Waals surface area contributed by atoms with Crippen LogP contribution >= 0.6 is 0 Å². The topological polar surface area (TPSA) is 37.5 Å². The number of para-hydroxylation sites is 1. The molecule has 0 saturated heterocycles. The summed E-state index contributed by atoms with van der Waals surface area (Å²) in [5.74, 6) is 0.0406. The van der Waals surface area contributed by atoms with Gasteiger partial charge in [0.15, 0.2) is 0 Å². The van der Waals surface area contributed by atoms with Gasteiger partial charge in [-0.2, -0.15) is 0 Å². The smallest absolute Gasteiger partial charge is 0.228 e. The molecule has 0 bridgehead atoms. The molecule has 2 heterocycles. The fourth-order valence-electron chi connectivity index (χ4n) is 1.72. The van der Waals surface area contributed by atoms with Crippen LogP contribution in [-0.2, 0) is 0 Å². The summed E-state index contributed by atoms with van der Waals surface area (Å²) in [6, 6.07) is 10.1. The summed E-state index contributed by atoms with van der Waals surface area (Å²) in [4.78, 5) is 3.84. The van der Waals surface area contributed by atoms with Gasteiger partial charge in [0, 0.05) is 5.39 Å². The fraction of sp³-hybridized carbons (Fsp3) is 0. The van der Waals surface area contributed by atoms with Crippen LogP contribution in [0.5, 0.6) is 5.88 Å². The number of benzene rings is 1. The minimum absolute atomic E-state index is 0.0406. The van der Waals surface area contributed by atoms with Crippen LogP contribution in [-0.4, -0.2) is 14.5 Å². The van der Waals surface area contributed by atoms with Crippen molar-refractivity contribution in [2.75, 3.05) is 0 Å². The molecule has 1 aromatic carbocycles. The summed E-state index contributed by atoms with van der Waals surface area (Å²) in [6.45, 7) is 0. The SMILES string of the molecule is Oc1cn2c(cn1)cc1ccccc12.